The molecule has 0 saturated carbocycles. The van der Waals surface area contributed by atoms with Gasteiger partial charge < -0.3 is 4.90 Å². The van der Waals surface area contributed by atoms with Crippen molar-refractivity contribution in [1.29, 1.82) is 0 Å². The van der Waals surface area contributed by atoms with Gasteiger partial charge in [0.05, 0.1) is 23.7 Å². The molecule has 1 fully saturated rings. The number of anilines is 1. The van der Waals surface area contributed by atoms with Gasteiger partial charge in [-0.25, -0.2) is 4.98 Å². The van der Waals surface area contributed by atoms with E-state index in [0.29, 0.717) is 17.3 Å². The maximum Gasteiger partial charge on any atom is 0.416 e. The fourth-order valence-corrected chi connectivity index (χ4v) is 2.93. The van der Waals surface area contributed by atoms with Gasteiger partial charge in [-0.2, -0.15) is 13.2 Å². The number of alkyl halides is 3. The molecule has 7 heteroatoms. The zero-order valence-corrected chi connectivity index (χ0v) is 14.3. The summed E-state index contributed by atoms with van der Waals surface area (Å²) in [6.07, 6.45) is -1.02. The van der Waals surface area contributed by atoms with E-state index in [1.807, 2.05) is 0 Å². The number of hydrogen-bond donors (Lipinski definition) is 0. The van der Waals surface area contributed by atoms with Crippen molar-refractivity contribution in [2.45, 2.75) is 26.1 Å². The Balaban J connectivity index is 1.68. The van der Waals surface area contributed by atoms with Gasteiger partial charge in [0.2, 0.25) is 0 Å². The number of halogens is 3. The molecule has 2 aromatic rings. The molecular formula is C18H21F3N4. The van der Waals surface area contributed by atoms with Crippen molar-refractivity contribution in [3.05, 3.63) is 42.2 Å². The Hall–Kier alpha value is -2.15. The number of rotatable bonds is 3. The maximum atomic E-state index is 12.6. The van der Waals surface area contributed by atoms with Gasteiger partial charge in [0.15, 0.2) is 0 Å². The predicted molar refractivity (Wildman–Crippen MR) is 91.4 cm³/mol. The molecule has 0 spiro atoms. The van der Waals surface area contributed by atoms with E-state index in [0.717, 1.165) is 44.1 Å². The highest BCUT2D eigenvalue weighted by Gasteiger charge is 2.30. The first-order valence-corrected chi connectivity index (χ1v) is 8.33. The largest absolute Gasteiger partial charge is 0.416 e. The molecule has 0 N–H and O–H groups in total. The molecule has 1 aliphatic rings. The van der Waals surface area contributed by atoms with Crippen LogP contribution in [0, 0.1) is 0 Å². The number of nitrogens with zero attached hydrogens (tertiary/aromatic N) is 4. The highest BCUT2D eigenvalue weighted by Crippen LogP contribution is 2.30. The minimum absolute atomic E-state index is 0.537. The van der Waals surface area contributed by atoms with Crippen LogP contribution in [0.3, 0.4) is 0 Å². The third-order valence-corrected chi connectivity index (χ3v) is 4.51. The Morgan fingerprint density at radius 2 is 1.56 bits per heavy atom. The van der Waals surface area contributed by atoms with Crippen LogP contribution in [0.25, 0.3) is 11.3 Å². The van der Waals surface area contributed by atoms with Crippen molar-refractivity contribution in [3.8, 4) is 11.3 Å². The standard InChI is InChI=1S/C18H21F3N4/c1-13(2)24-7-9-25(10-8-24)17-12-22-16(11-23-17)14-3-5-15(6-4-14)18(19,20)21/h3-6,11-13H,7-10H2,1-2H3. The molecule has 1 aromatic carbocycles. The number of hydrogen-bond acceptors (Lipinski definition) is 4. The van der Waals surface area contributed by atoms with Crippen LogP contribution in [-0.4, -0.2) is 47.1 Å². The first-order chi connectivity index (χ1) is 11.8. The molecule has 0 amide bonds. The Morgan fingerprint density at radius 1 is 0.920 bits per heavy atom. The second-order valence-electron chi connectivity index (χ2n) is 6.45. The van der Waals surface area contributed by atoms with Crippen molar-refractivity contribution in [1.82, 2.24) is 14.9 Å². The van der Waals surface area contributed by atoms with Crippen LogP contribution in [0.1, 0.15) is 19.4 Å². The first-order valence-electron chi connectivity index (χ1n) is 8.33. The predicted octanol–water partition coefficient (Wildman–Crippen LogP) is 3.69. The SMILES string of the molecule is CC(C)N1CCN(c2cnc(-c3ccc(C(F)(F)F)cc3)cn2)CC1. The summed E-state index contributed by atoms with van der Waals surface area (Å²) in [7, 11) is 0. The lowest BCUT2D eigenvalue weighted by atomic mass is 10.1. The van der Waals surface area contributed by atoms with E-state index in [1.165, 1.54) is 12.1 Å². The molecule has 0 unspecified atom stereocenters. The van der Waals surface area contributed by atoms with Crippen LogP contribution in [0.5, 0.6) is 0 Å². The van der Waals surface area contributed by atoms with Crippen LogP contribution in [0.2, 0.25) is 0 Å². The van der Waals surface area contributed by atoms with Gasteiger partial charge in [0, 0.05) is 37.8 Å². The monoisotopic (exact) mass is 350 g/mol. The molecule has 2 heterocycles. The lowest BCUT2D eigenvalue weighted by Crippen LogP contribution is -2.49. The van der Waals surface area contributed by atoms with Crippen LogP contribution in [0.4, 0.5) is 19.0 Å². The fraction of sp³-hybridized carbons (Fsp3) is 0.444. The highest BCUT2D eigenvalue weighted by molar-refractivity contribution is 5.59. The zero-order chi connectivity index (χ0) is 18.0. The average Bonchev–Trinajstić information content (AvgIpc) is 2.61. The lowest BCUT2D eigenvalue weighted by Gasteiger charge is -2.37. The Kier molecular flexibility index (Phi) is 4.94. The van der Waals surface area contributed by atoms with E-state index in [1.54, 1.807) is 12.4 Å². The molecule has 4 nitrogen and oxygen atoms in total. The minimum Gasteiger partial charge on any atom is -0.353 e. The molecular weight excluding hydrogens is 329 g/mol. The molecule has 1 saturated heterocycles. The van der Waals surface area contributed by atoms with E-state index < -0.39 is 11.7 Å². The van der Waals surface area contributed by atoms with Gasteiger partial charge in [0.1, 0.15) is 5.82 Å². The van der Waals surface area contributed by atoms with Crippen molar-refractivity contribution in [2.24, 2.45) is 0 Å². The topological polar surface area (TPSA) is 32.3 Å². The average molecular weight is 350 g/mol. The van der Waals surface area contributed by atoms with Gasteiger partial charge in [-0.05, 0) is 26.0 Å². The maximum absolute atomic E-state index is 12.6. The molecule has 0 aliphatic carbocycles. The summed E-state index contributed by atoms with van der Waals surface area (Å²) >= 11 is 0. The number of piperazine rings is 1. The fourth-order valence-electron chi connectivity index (χ4n) is 2.93. The molecule has 1 aliphatic heterocycles. The summed E-state index contributed by atoms with van der Waals surface area (Å²) in [4.78, 5) is 13.4. The van der Waals surface area contributed by atoms with E-state index in [2.05, 4.69) is 33.6 Å². The van der Waals surface area contributed by atoms with E-state index in [9.17, 15) is 13.2 Å². The summed E-state index contributed by atoms with van der Waals surface area (Å²) in [5.41, 5.74) is 0.527. The third-order valence-electron chi connectivity index (χ3n) is 4.51. The normalized spacial score (nSPS) is 16.5. The molecule has 0 radical (unpaired) electrons. The molecule has 134 valence electrons. The van der Waals surface area contributed by atoms with Gasteiger partial charge in [-0.3, -0.25) is 9.88 Å². The van der Waals surface area contributed by atoms with Crippen LogP contribution < -0.4 is 4.90 Å². The first kappa shape index (κ1) is 17.7. The summed E-state index contributed by atoms with van der Waals surface area (Å²) < 4.78 is 37.9. The van der Waals surface area contributed by atoms with Crippen LogP contribution in [-0.2, 0) is 6.18 Å². The number of benzene rings is 1. The molecule has 0 atom stereocenters. The van der Waals surface area contributed by atoms with Gasteiger partial charge in [-0.1, -0.05) is 12.1 Å². The highest BCUT2D eigenvalue weighted by atomic mass is 19.4. The quantitative estimate of drug-likeness (QED) is 0.845. The minimum atomic E-state index is -4.33. The van der Waals surface area contributed by atoms with E-state index in [4.69, 9.17) is 0 Å². The Morgan fingerprint density at radius 3 is 2.04 bits per heavy atom. The smallest absolute Gasteiger partial charge is 0.353 e. The van der Waals surface area contributed by atoms with Crippen molar-refractivity contribution in [2.75, 3.05) is 31.1 Å². The van der Waals surface area contributed by atoms with Crippen LogP contribution in [0.15, 0.2) is 36.7 Å². The summed E-state index contributed by atoms with van der Waals surface area (Å²) in [6, 6.07) is 5.52. The Labute approximate surface area is 145 Å². The molecule has 25 heavy (non-hydrogen) atoms. The van der Waals surface area contributed by atoms with Crippen molar-refractivity contribution in [3.63, 3.8) is 0 Å². The molecule has 3 rings (SSSR count). The lowest BCUT2D eigenvalue weighted by molar-refractivity contribution is -0.137. The van der Waals surface area contributed by atoms with E-state index in [-0.39, 0.29) is 0 Å². The van der Waals surface area contributed by atoms with Gasteiger partial charge in [-0.15, -0.1) is 0 Å². The Bertz CT molecular complexity index is 688. The van der Waals surface area contributed by atoms with Gasteiger partial charge >= 0.3 is 6.18 Å². The van der Waals surface area contributed by atoms with E-state index >= 15 is 0 Å². The van der Waals surface area contributed by atoms with Crippen molar-refractivity contribution >= 4 is 5.82 Å². The molecule has 1 aromatic heterocycles. The zero-order valence-electron chi connectivity index (χ0n) is 14.3. The summed E-state index contributed by atoms with van der Waals surface area (Å²) in [5, 5.41) is 0. The third kappa shape index (κ3) is 4.10. The molecule has 0 bridgehead atoms. The second-order valence-corrected chi connectivity index (χ2v) is 6.45. The van der Waals surface area contributed by atoms with Gasteiger partial charge in [0.25, 0.3) is 0 Å². The van der Waals surface area contributed by atoms with Crippen molar-refractivity contribution < 1.29 is 13.2 Å². The summed E-state index contributed by atoms with van der Waals surface area (Å²) in [5.74, 6) is 0.805. The second kappa shape index (κ2) is 7.00. The number of aromatic nitrogens is 2. The summed E-state index contributed by atoms with van der Waals surface area (Å²) in [6.45, 7) is 8.14. The van der Waals surface area contributed by atoms with Crippen LogP contribution >= 0.6 is 0 Å².